The Hall–Kier alpha value is -1.66. The Morgan fingerprint density at radius 1 is 1.21 bits per heavy atom. The molecule has 3 fully saturated rings. The fourth-order valence-electron chi connectivity index (χ4n) is 5.39. The van der Waals surface area contributed by atoms with Gasteiger partial charge in [0.25, 0.3) is 0 Å². The first-order chi connectivity index (χ1) is 13.3. The second-order valence-electron chi connectivity index (χ2n) is 8.57. The van der Waals surface area contributed by atoms with Crippen LogP contribution in [0.25, 0.3) is 0 Å². The number of esters is 1. The number of rotatable bonds is 3. The van der Waals surface area contributed by atoms with E-state index in [-0.39, 0.29) is 11.8 Å². The van der Waals surface area contributed by atoms with Gasteiger partial charge in [-0.05, 0) is 69.7 Å². The van der Waals surface area contributed by atoms with E-state index in [1.807, 2.05) is 0 Å². The molecule has 1 N–H and O–H groups in total. The first-order valence-corrected chi connectivity index (χ1v) is 10.6. The minimum atomic E-state index is -1.63. The van der Waals surface area contributed by atoms with Gasteiger partial charge in [0.1, 0.15) is 6.10 Å². The molecular formula is C22H25BrO5. The molecule has 0 radical (unpaired) electrons. The zero-order chi connectivity index (χ0) is 20.1. The van der Waals surface area contributed by atoms with Gasteiger partial charge in [-0.15, -0.1) is 0 Å². The van der Waals surface area contributed by atoms with Gasteiger partial charge in [-0.1, -0.05) is 27.1 Å². The van der Waals surface area contributed by atoms with Crippen LogP contribution < -0.4 is 0 Å². The maximum absolute atomic E-state index is 12.8. The van der Waals surface area contributed by atoms with Gasteiger partial charge in [0.05, 0.1) is 12.2 Å². The van der Waals surface area contributed by atoms with Gasteiger partial charge in [0.15, 0.2) is 0 Å². The number of carbonyl (C=O) groups excluding carboxylic acids is 1. The van der Waals surface area contributed by atoms with E-state index in [0.29, 0.717) is 30.9 Å². The molecule has 1 saturated heterocycles. The Kier molecular flexibility index (Phi) is 4.91. The minimum absolute atomic E-state index is 0.0154. The van der Waals surface area contributed by atoms with Crippen LogP contribution in [0, 0.1) is 11.3 Å². The molecule has 4 unspecified atom stereocenters. The normalized spacial score (nSPS) is 33.9. The fourth-order valence-corrected chi connectivity index (χ4v) is 5.65. The van der Waals surface area contributed by atoms with Gasteiger partial charge >= 0.3 is 11.9 Å². The monoisotopic (exact) mass is 448 g/mol. The molecule has 3 aliphatic rings. The molecule has 1 spiro atoms. The third-order valence-electron chi connectivity index (χ3n) is 6.90. The molecule has 4 rings (SSSR count). The summed E-state index contributed by atoms with van der Waals surface area (Å²) in [5, 5.41) is 10.1. The molecule has 1 aliphatic heterocycles. The number of carbonyl (C=O) groups is 2. The van der Waals surface area contributed by atoms with E-state index in [4.69, 9.17) is 9.47 Å². The molecule has 4 atom stereocenters. The number of halogens is 1. The van der Waals surface area contributed by atoms with Crippen LogP contribution in [-0.4, -0.2) is 35.4 Å². The number of benzene rings is 1. The first-order valence-electron chi connectivity index (χ1n) is 9.78. The van der Waals surface area contributed by atoms with Crippen molar-refractivity contribution in [1.82, 2.24) is 0 Å². The van der Waals surface area contributed by atoms with Gasteiger partial charge in [-0.2, -0.15) is 0 Å². The molecule has 6 heteroatoms. The molecule has 2 aliphatic carbocycles. The third kappa shape index (κ3) is 3.01. The van der Waals surface area contributed by atoms with Crippen molar-refractivity contribution in [3.63, 3.8) is 0 Å². The van der Waals surface area contributed by atoms with Crippen LogP contribution in [0.1, 0.15) is 56.3 Å². The molecule has 1 aromatic rings. The zero-order valence-electron chi connectivity index (χ0n) is 16.2. The highest BCUT2D eigenvalue weighted by Gasteiger charge is 2.63. The van der Waals surface area contributed by atoms with Crippen molar-refractivity contribution in [1.29, 1.82) is 0 Å². The highest BCUT2D eigenvalue weighted by Crippen LogP contribution is 2.60. The number of hydrogen-bond acceptors (Lipinski definition) is 4. The lowest BCUT2D eigenvalue weighted by atomic mass is 9.74. The summed E-state index contributed by atoms with van der Waals surface area (Å²) in [5.74, 6) is -1.41. The minimum Gasteiger partial charge on any atom is -0.478 e. The largest absolute Gasteiger partial charge is 0.478 e. The smallest absolute Gasteiger partial charge is 0.350 e. The molecular weight excluding hydrogens is 424 g/mol. The Labute approximate surface area is 173 Å². The molecule has 2 bridgehead atoms. The molecule has 28 heavy (non-hydrogen) atoms. The average Bonchev–Trinajstić information content (AvgIpc) is 3.20. The SMILES string of the molecule is CC(C)=C1CCC23COC(C2)C(OC(=O)c2ccc(Br)cc2)(C(=O)O)CCC13. The number of ether oxygens (including phenoxy) is 2. The predicted octanol–water partition coefficient (Wildman–Crippen LogP) is 4.74. The average molecular weight is 449 g/mol. The number of carboxylic acids is 1. The highest BCUT2D eigenvalue weighted by molar-refractivity contribution is 9.10. The van der Waals surface area contributed by atoms with Crippen LogP contribution >= 0.6 is 15.9 Å². The fraction of sp³-hybridized carbons (Fsp3) is 0.545. The summed E-state index contributed by atoms with van der Waals surface area (Å²) in [7, 11) is 0. The Bertz CT molecular complexity index is 841. The number of aliphatic carboxylic acids is 1. The predicted molar refractivity (Wildman–Crippen MR) is 107 cm³/mol. The summed E-state index contributed by atoms with van der Waals surface area (Å²) < 4.78 is 12.6. The van der Waals surface area contributed by atoms with Gasteiger partial charge in [-0.25, -0.2) is 9.59 Å². The summed E-state index contributed by atoms with van der Waals surface area (Å²) in [6, 6.07) is 6.74. The maximum Gasteiger partial charge on any atom is 0.350 e. The van der Waals surface area contributed by atoms with Crippen molar-refractivity contribution in [2.75, 3.05) is 6.61 Å². The van der Waals surface area contributed by atoms with E-state index in [1.54, 1.807) is 24.3 Å². The van der Waals surface area contributed by atoms with E-state index in [0.717, 1.165) is 17.3 Å². The number of fused-ring (bicyclic) bond motifs is 1. The second-order valence-corrected chi connectivity index (χ2v) is 9.49. The van der Waals surface area contributed by atoms with Crippen molar-refractivity contribution in [2.45, 2.75) is 57.7 Å². The lowest BCUT2D eigenvalue weighted by Gasteiger charge is -2.34. The molecule has 0 aromatic heterocycles. The number of carboxylic acid groups (broad SMARTS) is 1. The standard InChI is InChI=1S/C22H25BrO5/c1-13(2)16-7-9-21-11-18(27-12-21)22(20(25)26,10-8-17(16)21)28-19(24)14-3-5-15(23)6-4-14/h3-6,17-18H,7-12H2,1-2H3,(H,25,26). The van der Waals surface area contributed by atoms with E-state index in [9.17, 15) is 14.7 Å². The van der Waals surface area contributed by atoms with Crippen molar-refractivity contribution >= 4 is 27.9 Å². The van der Waals surface area contributed by atoms with E-state index < -0.39 is 23.6 Å². The van der Waals surface area contributed by atoms with Crippen molar-refractivity contribution in [3.05, 3.63) is 45.4 Å². The highest BCUT2D eigenvalue weighted by atomic mass is 79.9. The Balaban J connectivity index is 1.66. The summed E-state index contributed by atoms with van der Waals surface area (Å²) in [5.41, 5.74) is 1.44. The maximum atomic E-state index is 12.8. The van der Waals surface area contributed by atoms with E-state index >= 15 is 0 Å². The van der Waals surface area contributed by atoms with Crippen LogP contribution in [-0.2, 0) is 14.3 Å². The third-order valence-corrected chi connectivity index (χ3v) is 7.43. The second kappa shape index (κ2) is 6.99. The Morgan fingerprint density at radius 2 is 1.93 bits per heavy atom. The van der Waals surface area contributed by atoms with E-state index in [1.165, 1.54) is 11.1 Å². The quantitative estimate of drug-likeness (QED) is 0.533. The summed E-state index contributed by atoms with van der Waals surface area (Å²) in [6.45, 7) is 4.80. The summed E-state index contributed by atoms with van der Waals surface area (Å²) in [6.07, 6.45) is 3.09. The van der Waals surface area contributed by atoms with Gasteiger partial charge in [0, 0.05) is 16.3 Å². The molecule has 2 saturated carbocycles. The zero-order valence-corrected chi connectivity index (χ0v) is 17.8. The van der Waals surface area contributed by atoms with Crippen LogP contribution in [0.5, 0.6) is 0 Å². The van der Waals surface area contributed by atoms with Crippen molar-refractivity contribution < 1.29 is 24.2 Å². The van der Waals surface area contributed by atoms with Gasteiger partial charge in [-0.3, -0.25) is 0 Å². The topological polar surface area (TPSA) is 72.8 Å². The molecule has 150 valence electrons. The molecule has 0 amide bonds. The lowest BCUT2D eigenvalue weighted by molar-refractivity contribution is -0.176. The van der Waals surface area contributed by atoms with Crippen LogP contribution in [0.3, 0.4) is 0 Å². The van der Waals surface area contributed by atoms with Crippen LogP contribution in [0.4, 0.5) is 0 Å². The van der Waals surface area contributed by atoms with Crippen LogP contribution in [0.15, 0.2) is 39.9 Å². The number of hydrogen-bond donors (Lipinski definition) is 1. The lowest BCUT2D eigenvalue weighted by Crippen LogP contribution is -2.52. The van der Waals surface area contributed by atoms with Gasteiger partial charge < -0.3 is 14.6 Å². The van der Waals surface area contributed by atoms with Gasteiger partial charge in [0.2, 0.25) is 5.60 Å². The Morgan fingerprint density at radius 3 is 2.57 bits per heavy atom. The number of allylic oxidation sites excluding steroid dienone is 2. The van der Waals surface area contributed by atoms with Crippen molar-refractivity contribution in [2.24, 2.45) is 11.3 Å². The van der Waals surface area contributed by atoms with E-state index in [2.05, 4.69) is 29.8 Å². The van der Waals surface area contributed by atoms with Crippen molar-refractivity contribution in [3.8, 4) is 0 Å². The molecule has 1 heterocycles. The summed E-state index contributed by atoms with van der Waals surface area (Å²) >= 11 is 3.34. The molecule has 1 aromatic carbocycles. The van der Waals surface area contributed by atoms with Crippen LogP contribution in [0.2, 0.25) is 0 Å². The first kappa shape index (κ1) is 19.6. The summed E-state index contributed by atoms with van der Waals surface area (Å²) in [4.78, 5) is 25.2. The molecule has 5 nitrogen and oxygen atoms in total.